The van der Waals surface area contributed by atoms with Gasteiger partial charge in [-0.3, -0.25) is 4.79 Å². The Morgan fingerprint density at radius 2 is 1.84 bits per heavy atom. The van der Waals surface area contributed by atoms with Gasteiger partial charge in [-0.2, -0.15) is 0 Å². The van der Waals surface area contributed by atoms with E-state index >= 15 is 0 Å². The van der Waals surface area contributed by atoms with Crippen molar-refractivity contribution in [2.24, 2.45) is 0 Å². The van der Waals surface area contributed by atoms with Gasteiger partial charge in [-0.15, -0.1) is 0 Å². The highest BCUT2D eigenvalue weighted by molar-refractivity contribution is 5.94. The molecule has 9 heteroatoms. The van der Waals surface area contributed by atoms with Crippen LogP contribution in [0, 0.1) is 5.82 Å². The zero-order valence-corrected chi connectivity index (χ0v) is 12.7. The summed E-state index contributed by atoms with van der Waals surface area (Å²) in [7, 11) is 0. The summed E-state index contributed by atoms with van der Waals surface area (Å²) in [6.45, 7) is -0.0572. The first-order chi connectivity index (χ1) is 11.8. The minimum absolute atomic E-state index is 0.0572. The highest BCUT2D eigenvalue weighted by Crippen LogP contribution is 2.15. The van der Waals surface area contributed by atoms with Gasteiger partial charge in [0.05, 0.1) is 0 Å². The first-order valence-corrected chi connectivity index (χ1v) is 7.14. The Morgan fingerprint density at radius 1 is 1.16 bits per heavy atom. The van der Waals surface area contributed by atoms with Gasteiger partial charge in [-0.25, -0.2) is 18.0 Å². The first kappa shape index (κ1) is 18.4. The standard InChI is InChI=1S/C16H14F3NO5/c17-9-1-3-10(4-2-9)24-8-11-5-6-13(25-11)15(21)20-12(16(22)23)7-14(18)19/h1-6,12,14H,7-8H2,(H,20,21)(H,22,23). The van der Waals surface area contributed by atoms with E-state index in [1.807, 2.05) is 5.32 Å². The fourth-order valence-corrected chi connectivity index (χ4v) is 1.89. The molecule has 6 nitrogen and oxygen atoms in total. The minimum atomic E-state index is -2.88. The largest absolute Gasteiger partial charge is 0.486 e. The number of alkyl halides is 2. The van der Waals surface area contributed by atoms with E-state index in [1.165, 1.54) is 36.4 Å². The third-order valence-corrected chi connectivity index (χ3v) is 3.10. The van der Waals surface area contributed by atoms with Crippen molar-refractivity contribution in [3.05, 3.63) is 53.7 Å². The number of ether oxygens (including phenoxy) is 1. The highest BCUT2D eigenvalue weighted by Gasteiger charge is 2.25. The Labute approximate surface area is 140 Å². The van der Waals surface area contributed by atoms with Crippen molar-refractivity contribution in [1.82, 2.24) is 5.32 Å². The molecule has 25 heavy (non-hydrogen) atoms. The molecule has 134 valence electrons. The summed E-state index contributed by atoms with van der Waals surface area (Å²) in [5.74, 6) is -2.53. The van der Waals surface area contributed by atoms with Crippen LogP contribution in [-0.2, 0) is 11.4 Å². The molecule has 0 spiro atoms. The van der Waals surface area contributed by atoms with E-state index < -0.39 is 36.6 Å². The molecular formula is C16H14F3NO5. The number of carboxylic acid groups (broad SMARTS) is 1. The molecule has 0 bridgehead atoms. The SMILES string of the molecule is O=C(NC(CC(F)F)C(=O)O)c1ccc(COc2ccc(F)cc2)o1. The second kappa shape index (κ2) is 8.22. The van der Waals surface area contributed by atoms with Crippen LogP contribution in [0.15, 0.2) is 40.8 Å². The fourth-order valence-electron chi connectivity index (χ4n) is 1.89. The van der Waals surface area contributed by atoms with Gasteiger partial charge in [0.25, 0.3) is 5.91 Å². The van der Waals surface area contributed by atoms with Crippen LogP contribution in [-0.4, -0.2) is 29.5 Å². The number of hydrogen-bond donors (Lipinski definition) is 2. The van der Waals surface area contributed by atoms with Crippen LogP contribution >= 0.6 is 0 Å². The Hall–Kier alpha value is -2.97. The molecule has 1 aromatic heterocycles. The molecule has 0 radical (unpaired) electrons. The number of carbonyl (C=O) groups excluding carboxylic acids is 1. The van der Waals surface area contributed by atoms with Crippen LogP contribution < -0.4 is 10.1 Å². The van der Waals surface area contributed by atoms with Crippen LogP contribution in [0.25, 0.3) is 0 Å². The number of carbonyl (C=O) groups is 2. The van der Waals surface area contributed by atoms with Crippen molar-refractivity contribution in [1.29, 1.82) is 0 Å². The summed E-state index contributed by atoms with van der Waals surface area (Å²) in [5, 5.41) is 10.8. The number of carboxylic acids is 1. The number of nitrogens with one attached hydrogen (secondary N) is 1. The summed E-state index contributed by atoms with van der Waals surface area (Å²) in [4.78, 5) is 22.7. The van der Waals surface area contributed by atoms with Crippen molar-refractivity contribution in [3.8, 4) is 5.75 Å². The van der Waals surface area contributed by atoms with Crippen molar-refractivity contribution < 1.29 is 37.0 Å². The van der Waals surface area contributed by atoms with Crippen molar-refractivity contribution in [2.45, 2.75) is 25.5 Å². The fraction of sp³-hybridized carbons (Fsp3) is 0.250. The molecule has 2 N–H and O–H groups in total. The van der Waals surface area contributed by atoms with E-state index in [0.29, 0.717) is 5.75 Å². The zero-order chi connectivity index (χ0) is 18.4. The maximum Gasteiger partial charge on any atom is 0.326 e. The van der Waals surface area contributed by atoms with Gasteiger partial charge in [0.15, 0.2) is 5.76 Å². The van der Waals surface area contributed by atoms with Gasteiger partial charge in [-0.05, 0) is 36.4 Å². The Morgan fingerprint density at radius 3 is 2.44 bits per heavy atom. The van der Waals surface area contributed by atoms with Crippen molar-refractivity contribution in [3.63, 3.8) is 0 Å². The van der Waals surface area contributed by atoms with Gasteiger partial charge in [-0.1, -0.05) is 0 Å². The lowest BCUT2D eigenvalue weighted by Gasteiger charge is -2.12. The van der Waals surface area contributed by atoms with Crippen LogP contribution in [0.3, 0.4) is 0 Å². The smallest absolute Gasteiger partial charge is 0.326 e. The monoisotopic (exact) mass is 357 g/mol. The highest BCUT2D eigenvalue weighted by atomic mass is 19.3. The number of furan rings is 1. The molecule has 0 saturated heterocycles. The zero-order valence-electron chi connectivity index (χ0n) is 12.7. The summed E-state index contributed by atoms with van der Waals surface area (Å²) in [6.07, 6.45) is -3.89. The van der Waals surface area contributed by atoms with Gasteiger partial charge >= 0.3 is 5.97 Å². The molecule has 1 atom stereocenters. The van der Waals surface area contributed by atoms with Gasteiger partial charge in [0.1, 0.15) is 30.0 Å². The Balaban J connectivity index is 1.93. The normalized spacial score (nSPS) is 12.0. The van der Waals surface area contributed by atoms with Crippen molar-refractivity contribution in [2.75, 3.05) is 0 Å². The second-order valence-electron chi connectivity index (χ2n) is 5.00. The molecule has 2 aromatic rings. The lowest BCUT2D eigenvalue weighted by Crippen LogP contribution is -2.41. The number of hydrogen-bond acceptors (Lipinski definition) is 4. The molecule has 0 aliphatic rings. The third-order valence-electron chi connectivity index (χ3n) is 3.10. The first-order valence-electron chi connectivity index (χ1n) is 7.14. The average Bonchev–Trinajstić information content (AvgIpc) is 3.02. The van der Waals surface area contributed by atoms with Crippen LogP contribution in [0.1, 0.15) is 22.7 Å². The van der Waals surface area contributed by atoms with E-state index in [-0.39, 0.29) is 18.1 Å². The van der Waals surface area contributed by atoms with E-state index in [9.17, 15) is 22.8 Å². The average molecular weight is 357 g/mol. The number of benzene rings is 1. The predicted molar refractivity (Wildman–Crippen MR) is 79.0 cm³/mol. The maximum atomic E-state index is 12.8. The summed E-state index contributed by atoms with van der Waals surface area (Å²) < 4.78 is 47.9. The molecule has 1 unspecified atom stereocenters. The predicted octanol–water partition coefficient (Wildman–Crippen LogP) is 2.84. The lowest BCUT2D eigenvalue weighted by atomic mass is 10.2. The van der Waals surface area contributed by atoms with E-state index in [0.717, 1.165) is 0 Å². The topological polar surface area (TPSA) is 88.8 Å². The summed E-state index contributed by atoms with van der Waals surface area (Å²) in [6, 6.07) is 6.20. The quantitative estimate of drug-likeness (QED) is 0.758. The maximum absolute atomic E-state index is 12.8. The molecule has 1 aromatic carbocycles. The lowest BCUT2D eigenvalue weighted by molar-refractivity contribution is -0.140. The van der Waals surface area contributed by atoms with Crippen LogP contribution in [0.5, 0.6) is 5.75 Å². The number of amides is 1. The van der Waals surface area contributed by atoms with E-state index in [4.69, 9.17) is 14.3 Å². The molecule has 1 amide bonds. The van der Waals surface area contributed by atoms with Crippen LogP contribution in [0.4, 0.5) is 13.2 Å². The van der Waals surface area contributed by atoms with Crippen molar-refractivity contribution >= 4 is 11.9 Å². The van der Waals surface area contributed by atoms with Gasteiger partial charge in [0, 0.05) is 6.42 Å². The molecule has 0 saturated carbocycles. The van der Waals surface area contributed by atoms with Gasteiger partial charge < -0.3 is 19.6 Å². The molecule has 1 heterocycles. The third kappa shape index (κ3) is 5.55. The Kier molecular flexibility index (Phi) is 6.04. The minimum Gasteiger partial charge on any atom is -0.486 e. The molecule has 0 aliphatic heterocycles. The summed E-state index contributed by atoms with van der Waals surface area (Å²) in [5.41, 5.74) is 0. The Bertz CT molecular complexity index is 730. The number of aliphatic carboxylic acids is 1. The molecule has 0 aliphatic carbocycles. The summed E-state index contributed by atoms with van der Waals surface area (Å²) >= 11 is 0. The number of halogens is 3. The van der Waals surface area contributed by atoms with Gasteiger partial charge in [0.2, 0.25) is 6.43 Å². The van der Waals surface area contributed by atoms with E-state index in [2.05, 4.69) is 0 Å². The van der Waals surface area contributed by atoms with Crippen LogP contribution in [0.2, 0.25) is 0 Å². The number of rotatable bonds is 8. The molecule has 2 rings (SSSR count). The molecular weight excluding hydrogens is 343 g/mol. The molecule has 0 fully saturated rings. The van der Waals surface area contributed by atoms with E-state index in [1.54, 1.807) is 0 Å². The second-order valence-corrected chi connectivity index (χ2v) is 5.00.